The minimum atomic E-state index is 0.0338. The first kappa shape index (κ1) is 8.63. The van der Waals surface area contributed by atoms with Crippen molar-refractivity contribution in [2.45, 2.75) is 31.7 Å². The Morgan fingerprint density at radius 2 is 2.08 bits per heavy atom. The monoisotopic (exact) mass is 177 g/mol. The summed E-state index contributed by atoms with van der Waals surface area (Å²) in [6.45, 7) is 0. The van der Waals surface area contributed by atoms with E-state index in [9.17, 15) is 0 Å². The van der Waals surface area contributed by atoms with Crippen molar-refractivity contribution in [2.75, 3.05) is 0 Å². The van der Waals surface area contributed by atoms with Crippen molar-refractivity contribution in [1.82, 2.24) is 9.97 Å². The fourth-order valence-corrected chi connectivity index (χ4v) is 1.70. The Morgan fingerprint density at radius 3 is 2.62 bits per heavy atom. The lowest BCUT2D eigenvalue weighted by molar-refractivity contribution is 0.274. The molecule has 0 aromatic carbocycles. The van der Waals surface area contributed by atoms with E-state index in [1.807, 2.05) is 6.07 Å². The minimum Gasteiger partial charge on any atom is -0.321 e. The molecule has 13 heavy (non-hydrogen) atoms. The third kappa shape index (κ3) is 2.04. The van der Waals surface area contributed by atoms with Crippen LogP contribution in [-0.4, -0.2) is 9.97 Å². The van der Waals surface area contributed by atoms with Gasteiger partial charge in [0, 0.05) is 12.4 Å². The summed E-state index contributed by atoms with van der Waals surface area (Å²) in [6, 6.07) is 1.85. The number of hydrogen-bond acceptors (Lipinski definition) is 3. The van der Waals surface area contributed by atoms with Crippen LogP contribution in [0.1, 0.15) is 37.5 Å². The molecule has 1 heterocycles. The largest absolute Gasteiger partial charge is 0.321 e. The Hall–Kier alpha value is -0.960. The molecule has 0 amide bonds. The quantitative estimate of drug-likeness (QED) is 0.764. The summed E-state index contributed by atoms with van der Waals surface area (Å²) in [7, 11) is 0. The van der Waals surface area contributed by atoms with Crippen molar-refractivity contribution in [3.05, 3.63) is 24.3 Å². The molecule has 2 N–H and O–H groups in total. The maximum absolute atomic E-state index is 5.98. The molecule has 0 aliphatic heterocycles. The van der Waals surface area contributed by atoms with Crippen LogP contribution in [0.4, 0.5) is 0 Å². The van der Waals surface area contributed by atoms with Crippen LogP contribution in [0, 0.1) is 5.92 Å². The highest BCUT2D eigenvalue weighted by atomic mass is 14.9. The van der Waals surface area contributed by atoms with Crippen LogP contribution < -0.4 is 5.73 Å². The molecule has 70 valence electrons. The fraction of sp³-hybridized carbons (Fsp3) is 0.600. The van der Waals surface area contributed by atoms with Crippen LogP contribution >= 0.6 is 0 Å². The van der Waals surface area contributed by atoms with Crippen LogP contribution in [0.2, 0.25) is 0 Å². The van der Waals surface area contributed by atoms with E-state index >= 15 is 0 Å². The predicted molar refractivity (Wildman–Crippen MR) is 50.9 cm³/mol. The van der Waals surface area contributed by atoms with E-state index in [2.05, 4.69) is 9.97 Å². The molecule has 1 atom stereocenters. The Bertz CT molecular complexity index is 256. The van der Waals surface area contributed by atoms with Gasteiger partial charge in [0.25, 0.3) is 0 Å². The van der Waals surface area contributed by atoms with E-state index in [-0.39, 0.29) is 6.04 Å². The molecule has 1 unspecified atom stereocenters. The second kappa shape index (κ2) is 3.83. The molecule has 2 rings (SSSR count). The summed E-state index contributed by atoms with van der Waals surface area (Å²) < 4.78 is 0. The van der Waals surface area contributed by atoms with Crippen LogP contribution in [0.5, 0.6) is 0 Å². The van der Waals surface area contributed by atoms with Crippen LogP contribution in [0.15, 0.2) is 18.5 Å². The van der Waals surface area contributed by atoms with Gasteiger partial charge in [-0.1, -0.05) is 19.3 Å². The number of nitrogens with zero attached hydrogens (tertiary/aromatic N) is 2. The molecule has 0 radical (unpaired) electrons. The van der Waals surface area contributed by atoms with Crippen molar-refractivity contribution < 1.29 is 0 Å². The smallest absolute Gasteiger partial charge is 0.144 e. The first-order chi connectivity index (χ1) is 6.36. The third-order valence-corrected chi connectivity index (χ3v) is 2.73. The fourth-order valence-electron chi connectivity index (χ4n) is 1.70. The second-order valence-corrected chi connectivity index (χ2v) is 3.75. The highest BCUT2D eigenvalue weighted by Crippen LogP contribution is 2.32. The molecule has 0 saturated heterocycles. The van der Waals surface area contributed by atoms with Crippen molar-refractivity contribution >= 4 is 0 Å². The lowest BCUT2D eigenvalue weighted by Crippen LogP contribution is -2.21. The summed E-state index contributed by atoms with van der Waals surface area (Å²) in [5, 5.41) is 0. The van der Waals surface area contributed by atoms with Gasteiger partial charge in [0.2, 0.25) is 0 Å². The predicted octanol–water partition coefficient (Wildman–Crippen LogP) is 1.67. The molecule has 3 nitrogen and oxygen atoms in total. The van der Waals surface area contributed by atoms with E-state index in [1.165, 1.54) is 19.3 Å². The summed E-state index contributed by atoms with van der Waals surface area (Å²) in [4.78, 5) is 8.31. The molecular formula is C10H15N3. The van der Waals surface area contributed by atoms with Gasteiger partial charge in [0.05, 0.1) is 6.04 Å². The highest BCUT2D eigenvalue weighted by Gasteiger charge is 2.21. The minimum absolute atomic E-state index is 0.0338. The van der Waals surface area contributed by atoms with E-state index in [0.717, 1.165) is 18.2 Å². The molecule has 1 aliphatic rings. The number of hydrogen-bond donors (Lipinski definition) is 1. The van der Waals surface area contributed by atoms with Gasteiger partial charge >= 0.3 is 0 Å². The maximum Gasteiger partial charge on any atom is 0.144 e. The van der Waals surface area contributed by atoms with Crippen LogP contribution in [0.25, 0.3) is 0 Å². The standard InChI is InChI=1S/C10H15N3/c11-9(7-8-3-1-4-8)10-12-5-2-6-13-10/h2,5-6,8-9H,1,3-4,7,11H2. The summed E-state index contributed by atoms with van der Waals surface area (Å²) >= 11 is 0. The highest BCUT2D eigenvalue weighted by molar-refractivity contribution is 4.95. The Kier molecular flexibility index (Phi) is 2.54. The molecule has 1 fully saturated rings. The molecule has 1 aliphatic carbocycles. The van der Waals surface area contributed by atoms with Gasteiger partial charge in [-0.25, -0.2) is 9.97 Å². The van der Waals surface area contributed by atoms with Gasteiger partial charge < -0.3 is 5.73 Å². The van der Waals surface area contributed by atoms with Gasteiger partial charge in [-0.15, -0.1) is 0 Å². The lowest BCUT2D eigenvalue weighted by atomic mass is 9.81. The third-order valence-electron chi connectivity index (χ3n) is 2.73. The van der Waals surface area contributed by atoms with E-state index in [4.69, 9.17) is 5.73 Å². The van der Waals surface area contributed by atoms with E-state index < -0.39 is 0 Å². The first-order valence-electron chi connectivity index (χ1n) is 4.89. The number of aromatic nitrogens is 2. The average Bonchev–Trinajstić information content (AvgIpc) is 2.12. The Morgan fingerprint density at radius 1 is 1.38 bits per heavy atom. The summed E-state index contributed by atoms with van der Waals surface area (Å²) in [5.74, 6) is 1.60. The van der Waals surface area contributed by atoms with Crippen molar-refractivity contribution in [3.8, 4) is 0 Å². The molecule has 0 bridgehead atoms. The molecule has 1 aromatic heterocycles. The zero-order valence-electron chi connectivity index (χ0n) is 7.69. The maximum atomic E-state index is 5.98. The second-order valence-electron chi connectivity index (χ2n) is 3.75. The topological polar surface area (TPSA) is 51.8 Å². The van der Waals surface area contributed by atoms with E-state index in [1.54, 1.807) is 12.4 Å². The Labute approximate surface area is 78.4 Å². The number of rotatable bonds is 3. The molecule has 1 aromatic rings. The van der Waals surface area contributed by atoms with Gasteiger partial charge in [-0.05, 0) is 18.4 Å². The SMILES string of the molecule is NC(CC1CCC1)c1ncccn1. The number of nitrogens with two attached hydrogens (primary N) is 1. The van der Waals surface area contributed by atoms with Gasteiger partial charge in [-0.3, -0.25) is 0 Å². The van der Waals surface area contributed by atoms with Gasteiger partial charge in [0.15, 0.2) is 0 Å². The lowest BCUT2D eigenvalue weighted by Gasteiger charge is -2.27. The van der Waals surface area contributed by atoms with E-state index in [0.29, 0.717) is 0 Å². The zero-order valence-corrected chi connectivity index (χ0v) is 7.69. The first-order valence-corrected chi connectivity index (χ1v) is 4.89. The van der Waals surface area contributed by atoms with Gasteiger partial charge in [0.1, 0.15) is 5.82 Å². The average molecular weight is 177 g/mol. The molecule has 1 saturated carbocycles. The van der Waals surface area contributed by atoms with Crippen molar-refractivity contribution in [1.29, 1.82) is 0 Å². The summed E-state index contributed by atoms with van der Waals surface area (Å²) in [5.41, 5.74) is 5.98. The zero-order chi connectivity index (χ0) is 9.10. The Balaban J connectivity index is 1.92. The van der Waals surface area contributed by atoms with Crippen molar-refractivity contribution in [2.24, 2.45) is 11.7 Å². The van der Waals surface area contributed by atoms with Crippen LogP contribution in [-0.2, 0) is 0 Å². The van der Waals surface area contributed by atoms with Gasteiger partial charge in [-0.2, -0.15) is 0 Å². The van der Waals surface area contributed by atoms with Crippen molar-refractivity contribution in [3.63, 3.8) is 0 Å². The normalized spacial score (nSPS) is 19.5. The molecule has 0 spiro atoms. The summed E-state index contributed by atoms with van der Waals surface area (Å²) in [6.07, 6.45) is 8.59. The molecular weight excluding hydrogens is 162 g/mol. The molecule has 3 heteroatoms. The van der Waals surface area contributed by atoms with Crippen LogP contribution in [0.3, 0.4) is 0 Å².